The molecule has 70 valence electrons. The molecular formula is C10H18O2. The fourth-order valence-electron chi connectivity index (χ4n) is 1.01. The molecule has 0 aliphatic rings. The fourth-order valence-corrected chi connectivity index (χ4v) is 1.01. The van der Waals surface area contributed by atoms with Crippen LogP contribution in [0.15, 0.2) is 23.8 Å². The second-order valence-electron chi connectivity index (χ2n) is 3.02. The summed E-state index contributed by atoms with van der Waals surface area (Å²) in [6.45, 7) is 5.62. The van der Waals surface area contributed by atoms with Gasteiger partial charge in [0, 0.05) is 5.92 Å². The van der Waals surface area contributed by atoms with Crippen LogP contribution in [0.5, 0.6) is 0 Å². The standard InChI is InChI=1S/C10H18O2/c1-4-5-8(2)6-9(3)10(12)7-11/h4-6,9-12H,7H2,1-3H3/b5-4+,8-6+/t9-,10+/m1/s1. The van der Waals surface area contributed by atoms with E-state index in [2.05, 4.69) is 0 Å². The van der Waals surface area contributed by atoms with Crippen LogP contribution >= 0.6 is 0 Å². The van der Waals surface area contributed by atoms with Crippen LogP contribution in [-0.2, 0) is 0 Å². The molecule has 0 saturated carbocycles. The van der Waals surface area contributed by atoms with E-state index in [1.807, 2.05) is 39.0 Å². The minimum absolute atomic E-state index is 0.00574. The maximum atomic E-state index is 9.22. The highest BCUT2D eigenvalue weighted by atomic mass is 16.3. The van der Waals surface area contributed by atoms with Crippen molar-refractivity contribution in [2.75, 3.05) is 6.61 Å². The number of hydrogen-bond donors (Lipinski definition) is 2. The van der Waals surface area contributed by atoms with E-state index in [0.717, 1.165) is 5.57 Å². The largest absolute Gasteiger partial charge is 0.394 e. The summed E-state index contributed by atoms with van der Waals surface area (Å²) >= 11 is 0. The van der Waals surface area contributed by atoms with E-state index >= 15 is 0 Å². The van der Waals surface area contributed by atoms with Gasteiger partial charge in [-0.05, 0) is 13.8 Å². The van der Waals surface area contributed by atoms with Crippen molar-refractivity contribution in [3.8, 4) is 0 Å². The molecule has 0 rings (SSSR count). The van der Waals surface area contributed by atoms with Gasteiger partial charge in [-0.15, -0.1) is 0 Å². The fraction of sp³-hybridized carbons (Fsp3) is 0.600. The maximum absolute atomic E-state index is 9.22. The normalized spacial score (nSPS) is 18.2. The van der Waals surface area contributed by atoms with Crippen LogP contribution in [0.1, 0.15) is 20.8 Å². The zero-order chi connectivity index (χ0) is 9.56. The highest BCUT2D eigenvalue weighted by molar-refractivity contribution is 5.16. The maximum Gasteiger partial charge on any atom is 0.0830 e. The molecule has 0 aliphatic heterocycles. The first-order chi connectivity index (χ1) is 5.61. The van der Waals surface area contributed by atoms with E-state index in [1.54, 1.807) is 0 Å². The third-order valence-corrected chi connectivity index (χ3v) is 1.75. The first-order valence-corrected chi connectivity index (χ1v) is 4.21. The van der Waals surface area contributed by atoms with Crippen molar-refractivity contribution in [2.24, 2.45) is 5.92 Å². The monoisotopic (exact) mass is 170 g/mol. The molecule has 0 aromatic carbocycles. The molecule has 12 heavy (non-hydrogen) atoms. The molecule has 0 heterocycles. The average molecular weight is 170 g/mol. The van der Waals surface area contributed by atoms with Crippen LogP contribution in [0, 0.1) is 5.92 Å². The van der Waals surface area contributed by atoms with Gasteiger partial charge in [0.05, 0.1) is 12.7 Å². The topological polar surface area (TPSA) is 40.5 Å². The Morgan fingerprint density at radius 2 is 2.08 bits per heavy atom. The Hall–Kier alpha value is -0.600. The quantitative estimate of drug-likeness (QED) is 0.628. The molecule has 0 aromatic heterocycles. The SMILES string of the molecule is C/C=C/C(C)=C/[C@@H](C)[C@@H](O)CO. The van der Waals surface area contributed by atoms with Crippen molar-refractivity contribution in [3.63, 3.8) is 0 Å². The van der Waals surface area contributed by atoms with Crippen LogP contribution in [0.3, 0.4) is 0 Å². The van der Waals surface area contributed by atoms with Crippen molar-refractivity contribution >= 4 is 0 Å². The van der Waals surface area contributed by atoms with Gasteiger partial charge in [0.15, 0.2) is 0 Å². The predicted octanol–water partition coefficient (Wildman–Crippen LogP) is 1.50. The molecule has 2 atom stereocenters. The Balaban J connectivity index is 4.12. The molecule has 0 amide bonds. The minimum atomic E-state index is -0.648. The molecule has 0 aliphatic carbocycles. The summed E-state index contributed by atoms with van der Waals surface area (Å²) in [7, 11) is 0. The highest BCUT2D eigenvalue weighted by Crippen LogP contribution is 2.08. The molecule has 2 N–H and O–H groups in total. The number of hydrogen-bond acceptors (Lipinski definition) is 2. The third-order valence-electron chi connectivity index (χ3n) is 1.75. The molecule has 2 nitrogen and oxygen atoms in total. The summed E-state index contributed by atoms with van der Waals surface area (Å²) in [5, 5.41) is 17.9. The molecule has 2 heteroatoms. The van der Waals surface area contributed by atoms with Crippen LogP contribution in [-0.4, -0.2) is 22.9 Å². The van der Waals surface area contributed by atoms with E-state index in [0.29, 0.717) is 0 Å². The van der Waals surface area contributed by atoms with Gasteiger partial charge in [0.2, 0.25) is 0 Å². The van der Waals surface area contributed by atoms with Gasteiger partial charge in [0.1, 0.15) is 0 Å². The summed E-state index contributed by atoms with van der Waals surface area (Å²) < 4.78 is 0. The van der Waals surface area contributed by atoms with E-state index in [9.17, 15) is 5.11 Å². The van der Waals surface area contributed by atoms with E-state index in [-0.39, 0.29) is 12.5 Å². The Bertz CT molecular complexity index is 171. The van der Waals surface area contributed by atoms with Gasteiger partial charge in [-0.2, -0.15) is 0 Å². The number of rotatable bonds is 4. The first-order valence-electron chi connectivity index (χ1n) is 4.21. The zero-order valence-electron chi connectivity index (χ0n) is 7.99. The lowest BCUT2D eigenvalue weighted by Gasteiger charge is -2.12. The van der Waals surface area contributed by atoms with Crippen molar-refractivity contribution in [1.82, 2.24) is 0 Å². The highest BCUT2D eigenvalue weighted by Gasteiger charge is 2.09. The summed E-state index contributed by atoms with van der Waals surface area (Å²) in [5.74, 6) is 0.00574. The summed E-state index contributed by atoms with van der Waals surface area (Å²) in [6.07, 6.45) is 5.22. The second kappa shape index (κ2) is 5.98. The van der Waals surface area contributed by atoms with Crippen LogP contribution in [0.25, 0.3) is 0 Å². The number of allylic oxidation sites excluding steroid dienone is 3. The van der Waals surface area contributed by atoms with Crippen molar-refractivity contribution in [2.45, 2.75) is 26.9 Å². The van der Waals surface area contributed by atoms with Gasteiger partial charge >= 0.3 is 0 Å². The molecule has 0 aromatic rings. The Morgan fingerprint density at radius 3 is 2.50 bits per heavy atom. The van der Waals surface area contributed by atoms with Gasteiger partial charge in [-0.1, -0.05) is 30.7 Å². The molecular weight excluding hydrogens is 152 g/mol. The van der Waals surface area contributed by atoms with Gasteiger partial charge in [0.25, 0.3) is 0 Å². The number of aliphatic hydroxyl groups is 2. The van der Waals surface area contributed by atoms with Gasteiger partial charge in [-0.25, -0.2) is 0 Å². The molecule has 0 unspecified atom stereocenters. The minimum Gasteiger partial charge on any atom is -0.394 e. The second-order valence-corrected chi connectivity index (χ2v) is 3.02. The van der Waals surface area contributed by atoms with Crippen LogP contribution < -0.4 is 0 Å². The van der Waals surface area contributed by atoms with Crippen molar-refractivity contribution in [3.05, 3.63) is 23.8 Å². The summed E-state index contributed by atoms with van der Waals surface area (Å²) in [4.78, 5) is 0. The molecule has 0 saturated heterocycles. The van der Waals surface area contributed by atoms with Crippen molar-refractivity contribution in [1.29, 1.82) is 0 Å². The third kappa shape index (κ3) is 4.31. The smallest absolute Gasteiger partial charge is 0.0830 e. The number of aliphatic hydroxyl groups excluding tert-OH is 2. The lowest BCUT2D eigenvalue weighted by molar-refractivity contribution is 0.0683. The first kappa shape index (κ1) is 11.4. The Labute approximate surface area is 74.2 Å². The Morgan fingerprint density at radius 1 is 1.50 bits per heavy atom. The van der Waals surface area contributed by atoms with Gasteiger partial charge < -0.3 is 10.2 Å². The average Bonchev–Trinajstić information content (AvgIpc) is 2.03. The van der Waals surface area contributed by atoms with E-state index in [1.165, 1.54) is 0 Å². The molecule has 0 spiro atoms. The molecule has 0 radical (unpaired) electrons. The van der Waals surface area contributed by atoms with E-state index < -0.39 is 6.10 Å². The van der Waals surface area contributed by atoms with Crippen LogP contribution in [0.4, 0.5) is 0 Å². The Kier molecular flexibility index (Phi) is 5.68. The lowest BCUT2D eigenvalue weighted by Crippen LogP contribution is -2.20. The zero-order valence-corrected chi connectivity index (χ0v) is 7.99. The van der Waals surface area contributed by atoms with Gasteiger partial charge in [-0.3, -0.25) is 0 Å². The van der Waals surface area contributed by atoms with Crippen molar-refractivity contribution < 1.29 is 10.2 Å². The summed E-state index contributed by atoms with van der Waals surface area (Å²) in [6, 6.07) is 0. The molecule has 0 bridgehead atoms. The lowest BCUT2D eigenvalue weighted by atomic mass is 10.0. The predicted molar refractivity (Wildman–Crippen MR) is 50.8 cm³/mol. The van der Waals surface area contributed by atoms with E-state index in [4.69, 9.17) is 5.11 Å². The molecule has 0 fully saturated rings. The van der Waals surface area contributed by atoms with Crippen LogP contribution in [0.2, 0.25) is 0 Å². The summed E-state index contributed by atoms with van der Waals surface area (Å²) in [5.41, 5.74) is 1.11.